The third kappa shape index (κ3) is 5.18. The van der Waals surface area contributed by atoms with Crippen molar-refractivity contribution in [1.82, 2.24) is 14.0 Å². The summed E-state index contributed by atoms with van der Waals surface area (Å²) < 4.78 is 4.57. The number of nitrogens with zero attached hydrogens (tertiary/aromatic N) is 4. The van der Waals surface area contributed by atoms with Gasteiger partial charge >= 0.3 is 0 Å². The first-order valence-corrected chi connectivity index (χ1v) is 22.7. The lowest BCUT2D eigenvalue weighted by Gasteiger charge is -2.31. The fourth-order valence-electron chi connectivity index (χ4n) is 11.3. The van der Waals surface area contributed by atoms with Crippen LogP contribution in [0.1, 0.15) is 22.3 Å². The molecule has 0 N–H and O–H groups in total. The molecular formula is C62H40N4. The van der Waals surface area contributed by atoms with Crippen molar-refractivity contribution in [1.29, 1.82) is 0 Å². The Morgan fingerprint density at radius 3 is 1.47 bits per heavy atom. The van der Waals surface area contributed by atoms with Crippen LogP contribution in [0.15, 0.2) is 243 Å². The van der Waals surface area contributed by atoms with Crippen LogP contribution in [0.2, 0.25) is 0 Å². The van der Waals surface area contributed by atoms with Crippen LogP contribution in [-0.2, 0) is 5.41 Å². The van der Waals surface area contributed by atoms with E-state index >= 15 is 0 Å². The Hall–Kier alpha value is -8.73. The van der Waals surface area contributed by atoms with Crippen molar-refractivity contribution in [3.63, 3.8) is 0 Å². The molecule has 0 atom stereocenters. The van der Waals surface area contributed by atoms with Crippen molar-refractivity contribution < 1.29 is 0 Å². The largest absolute Gasteiger partial charge is 0.310 e. The molecule has 12 aromatic rings. The Kier molecular flexibility index (Phi) is 7.87. The molecule has 14 rings (SSSR count). The second-order valence-electron chi connectivity index (χ2n) is 17.5. The van der Waals surface area contributed by atoms with E-state index in [0.29, 0.717) is 0 Å². The Morgan fingerprint density at radius 1 is 0.333 bits per heavy atom. The SMILES string of the molecule is c1ccc(-c2ccc(N(c3ccc(-c4ccc5c(c4)n4c6ccccc6nc4n5-c4ccccc4)cc3)c3ccc4c(c3)-c3ccccc3C43c4ccccc4-c4ccccc43)cc2)cc1. The molecule has 0 radical (unpaired) electrons. The molecule has 2 heterocycles. The zero-order valence-corrected chi connectivity index (χ0v) is 35.9. The maximum absolute atomic E-state index is 5.14. The summed E-state index contributed by atoms with van der Waals surface area (Å²) in [5.74, 6) is 0.906. The number of hydrogen-bond donors (Lipinski definition) is 0. The molecule has 0 fully saturated rings. The van der Waals surface area contributed by atoms with E-state index in [-0.39, 0.29) is 5.41 Å². The minimum Gasteiger partial charge on any atom is -0.310 e. The van der Waals surface area contributed by atoms with E-state index in [4.69, 9.17) is 4.98 Å². The lowest BCUT2D eigenvalue weighted by Crippen LogP contribution is -2.25. The van der Waals surface area contributed by atoms with Gasteiger partial charge in [-0.25, -0.2) is 4.98 Å². The van der Waals surface area contributed by atoms with Gasteiger partial charge in [-0.15, -0.1) is 0 Å². The normalized spacial score (nSPS) is 13.0. The zero-order chi connectivity index (χ0) is 43.3. The molecule has 0 aliphatic heterocycles. The summed E-state index contributed by atoms with van der Waals surface area (Å²) in [6.07, 6.45) is 0. The van der Waals surface area contributed by atoms with Crippen LogP contribution in [-0.4, -0.2) is 14.0 Å². The Morgan fingerprint density at radius 2 is 0.818 bits per heavy atom. The summed E-state index contributed by atoms with van der Waals surface area (Å²) >= 11 is 0. The van der Waals surface area contributed by atoms with E-state index in [2.05, 4.69) is 257 Å². The highest BCUT2D eigenvalue weighted by atomic mass is 15.2. The number of anilines is 3. The zero-order valence-electron chi connectivity index (χ0n) is 35.9. The van der Waals surface area contributed by atoms with Gasteiger partial charge in [0.2, 0.25) is 5.78 Å². The number of aromatic nitrogens is 3. The molecule has 2 aliphatic rings. The molecular weight excluding hydrogens is 801 g/mol. The van der Waals surface area contributed by atoms with Crippen LogP contribution in [0.3, 0.4) is 0 Å². The van der Waals surface area contributed by atoms with E-state index < -0.39 is 0 Å². The topological polar surface area (TPSA) is 25.5 Å². The van der Waals surface area contributed by atoms with Crippen LogP contribution < -0.4 is 4.90 Å². The molecule has 66 heavy (non-hydrogen) atoms. The maximum atomic E-state index is 5.14. The Balaban J connectivity index is 0.920. The predicted octanol–water partition coefficient (Wildman–Crippen LogP) is 15.6. The van der Waals surface area contributed by atoms with E-state index in [9.17, 15) is 0 Å². The summed E-state index contributed by atoms with van der Waals surface area (Å²) in [6.45, 7) is 0. The highest BCUT2D eigenvalue weighted by Gasteiger charge is 2.51. The summed E-state index contributed by atoms with van der Waals surface area (Å²) in [4.78, 5) is 7.55. The first kappa shape index (κ1) is 36.7. The molecule has 0 unspecified atom stereocenters. The van der Waals surface area contributed by atoms with Gasteiger partial charge in [0.1, 0.15) is 0 Å². The highest BCUT2D eigenvalue weighted by molar-refractivity contribution is 5.97. The van der Waals surface area contributed by atoms with E-state index in [1.165, 1.54) is 55.6 Å². The van der Waals surface area contributed by atoms with E-state index in [1.807, 2.05) is 0 Å². The van der Waals surface area contributed by atoms with E-state index in [1.54, 1.807) is 0 Å². The predicted molar refractivity (Wildman–Crippen MR) is 271 cm³/mol. The number of rotatable bonds is 6. The fourth-order valence-corrected chi connectivity index (χ4v) is 11.3. The van der Waals surface area contributed by atoms with Gasteiger partial charge in [0.05, 0.1) is 27.5 Å². The molecule has 4 heteroatoms. The monoisotopic (exact) mass is 840 g/mol. The highest BCUT2D eigenvalue weighted by Crippen LogP contribution is 2.63. The second kappa shape index (κ2) is 14.1. The number of para-hydroxylation sites is 3. The molecule has 0 saturated carbocycles. The first-order chi connectivity index (χ1) is 32.7. The molecule has 10 aromatic carbocycles. The van der Waals surface area contributed by atoms with Gasteiger partial charge in [0.25, 0.3) is 0 Å². The second-order valence-corrected chi connectivity index (χ2v) is 17.5. The third-order valence-corrected chi connectivity index (χ3v) is 14.1. The first-order valence-electron chi connectivity index (χ1n) is 22.7. The molecule has 2 aromatic heterocycles. The number of hydrogen-bond acceptors (Lipinski definition) is 2. The average molecular weight is 841 g/mol. The summed E-state index contributed by atoms with van der Waals surface area (Å²) in [5, 5.41) is 0. The minimum absolute atomic E-state index is 0.390. The lowest BCUT2D eigenvalue weighted by molar-refractivity contribution is 0.794. The van der Waals surface area contributed by atoms with Crippen molar-refractivity contribution in [3.05, 3.63) is 265 Å². The van der Waals surface area contributed by atoms with Gasteiger partial charge in [-0.05, 0) is 140 Å². The van der Waals surface area contributed by atoms with Gasteiger partial charge in [0.15, 0.2) is 0 Å². The van der Waals surface area contributed by atoms with Crippen molar-refractivity contribution in [2.45, 2.75) is 5.41 Å². The molecule has 0 bridgehead atoms. The number of imidazole rings is 2. The van der Waals surface area contributed by atoms with Gasteiger partial charge in [-0.1, -0.05) is 170 Å². The van der Waals surface area contributed by atoms with Crippen LogP contribution in [0.4, 0.5) is 17.1 Å². The average Bonchev–Trinajstić information content (AvgIpc) is 4.10. The van der Waals surface area contributed by atoms with Crippen LogP contribution >= 0.6 is 0 Å². The summed E-state index contributed by atoms with van der Waals surface area (Å²) in [7, 11) is 0. The molecule has 1 spiro atoms. The maximum Gasteiger partial charge on any atom is 0.220 e. The Bertz CT molecular complexity index is 3820. The quantitative estimate of drug-likeness (QED) is 0.167. The van der Waals surface area contributed by atoms with Gasteiger partial charge < -0.3 is 4.90 Å². The molecule has 4 nitrogen and oxygen atoms in total. The smallest absolute Gasteiger partial charge is 0.220 e. The van der Waals surface area contributed by atoms with Crippen molar-refractivity contribution in [2.75, 3.05) is 4.90 Å². The third-order valence-electron chi connectivity index (χ3n) is 14.1. The van der Waals surface area contributed by atoms with E-state index in [0.717, 1.165) is 61.7 Å². The standard InChI is InChI=1S/C62H40N4/c1-3-15-41(16-4-1)42-27-32-46(33-28-42)64(48-36-37-56-52(40-48)51-21-9-12-24-55(51)62(56)53-22-10-7-19-49(53)50-20-8-11-23-54(50)62)47-34-29-43(30-35-47)44-31-38-59-60(39-44)66-58-26-14-13-25-57(58)63-61(66)65(59)45-17-5-2-6-18-45/h1-40H. The molecule has 2 aliphatic carbocycles. The van der Waals surface area contributed by atoms with Crippen LogP contribution in [0.5, 0.6) is 0 Å². The van der Waals surface area contributed by atoms with Crippen molar-refractivity contribution in [3.8, 4) is 50.2 Å². The van der Waals surface area contributed by atoms with Gasteiger partial charge in [0, 0.05) is 22.7 Å². The number of fused-ring (bicyclic) bond motifs is 15. The molecule has 0 amide bonds. The lowest BCUT2D eigenvalue weighted by atomic mass is 9.70. The van der Waals surface area contributed by atoms with Crippen LogP contribution in [0.25, 0.3) is 78.0 Å². The van der Waals surface area contributed by atoms with Gasteiger partial charge in [-0.3, -0.25) is 8.97 Å². The van der Waals surface area contributed by atoms with Crippen molar-refractivity contribution >= 4 is 44.9 Å². The van der Waals surface area contributed by atoms with Crippen LogP contribution in [0, 0.1) is 0 Å². The minimum atomic E-state index is -0.390. The molecule has 0 saturated heterocycles. The van der Waals surface area contributed by atoms with Gasteiger partial charge in [-0.2, -0.15) is 0 Å². The summed E-state index contributed by atoms with van der Waals surface area (Å²) in [6, 6.07) is 88.7. The Labute approximate surface area is 382 Å². The fraction of sp³-hybridized carbons (Fsp3) is 0.0161. The molecule has 308 valence electrons. The summed E-state index contributed by atoms with van der Waals surface area (Å²) in [5.41, 5.74) is 23.5. The number of benzene rings is 10. The van der Waals surface area contributed by atoms with Crippen molar-refractivity contribution in [2.24, 2.45) is 0 Å².